The fourth-order valence-electron chi connectivity index (χ4n) is 3.70. The van der Waals surface area contributed by atoms with Crippen LogP contribution in [-0.2, 0) is 11.2 Å². The Morgan fingerprint density at radius 3 is 2.41 bits per heavy atom. The van der Waals surface area contributed by atoms with E-state index in [2.05, 4.69) is 5.32 Å². The van der Waals surface area contributed by atoms with Crippen molar-refractivity contribution in [3.05, 3.63) is 86.4 Å². The van der Waals surface area contributed by atoms with E-state index in [4.69, 9.17) is 44.3 Å². The lowest BCUT2D eigenvalue weighted by Gasteiger charge is -2.24. The van der Waals surface area contributed by atoms with Crippen LogP contribution >= 0.6 is 34.8 Å². The molecule has 1 heterocycles. The number of carboxylic acids is 1. The van der Waals surface area contributed by atoms with E-state index in [1.165, 1.54) is 0 Å². The Morgan fingerprint density at radius 2 is 1.74 bits per heavy atom. The van der Waals surface area contributed by atoms with Gasteiger partial charge in [-0.1, -0.05) is 34.8 Å². The minimum Gasteiger partial charge on any atom is -0.493 e. The number of rotatable bonds is 7. The van der Waals surface area contributed by atoms with Crippen LogP contribution < -0.4 is 14.8 Å². The monoisotopic (exact) mass is 519 g/mol. The smallest absolute Gasteiger partial charge is 0.311 e. The molecule has 1 aliphatic heterocycles. The summed E-state index contributed by atoms with van der Waals surface area (Å²) in [5, 5.41) is 13.7. The highest BCUT2D eigenvalue weighted by molar-refractivity contribution is 6.34. The molecule has 0 aliphatic carbocycles. The maximum atomic E-state index is 12.4. The molecule has 176 valence electrons. The van der Waals surface area contributed by atoms with Gasteiger partial charge in [0.1, 0.15) is 17.2 Å². The number of amides is 1. The van der Waals surface area contributed by atoms with Gasteiger partial charge in [-0.2, -0.15) is 0 Å². The second-order valence-corrected chi connectivity index (χ2v) is 9.04. The van der Waals surface area contributed by atoms with Crippen LogP contribution in [0.1, 0.15) is 33.8 Å². The van der Waals surface area contributed by atoms with E-state index < -0.39 is 11.9 Å². The number of nitrogens with one attached hydrogen (secondary N) is 1. The Hall–Kier alpha value is -2.93. The largest absolute Gasteiger partial charge is 0.493 e. The number of hydrogen-bond acceptors (Lipinski definition) is 4. The van der Waals surface area contributed by atoms with Crippen molar-refractivity contribution >= 4 is 46.7 Å². The van der Waals surface area contributed by atoms with Crippen LogP contribution in [0.3, 0.4) is 0 Å². The first-order valence-corrected chi connectivity index (χ1v) is 11.6. The molecular formula is C25H20Cl3NO5. The summed E-state index contributed by atoms with van der Waals surface area (Å²) in [7, 11) is 0. The van der Waals surface area contributed by atoms with E-state index in [1.807, 2.05) is 12.1 Å². The molecule has 0 aromatic heterocycles. The van der Waals surface area contributed by atoms with Crippen LogP contribution in [0.15, 0.2) is 54.6 Å². The van der Waals surface area contributed by atoms with Crippen LogP contribution in [0.2, 0.25) is 15.1 Å². The molecule has 3 aromatic carbocycles. The van der Waals surface area contributed by atoms with Gasteiger partial charge in [0.2, 0.25) is 0 Å². The van der Waals surface area contributed by atoms with Gasteiger partial charge in [0, 0.05) is 33.8 Å². The molecule has 6 nitrogen and oxygen atoms in total. The third kappa shape index (κ3) is 5.76. The Morgan fingerprint density at radius 1 is 1.03 bits per heavy atom. The summed E-state index contributed by atoms with van der Waals surface area (Å²) in [5.41, 5.74) is 1.94. The average molecular weight is 521 g/mol. The summed E-state index contributed by atoms with van der Waals surface area (Å²) >= 11 is 18.3. The number of fused-ring (bicyclic) bond motifs is 1. The zero-order chi connectivity index (χ0) is 24.2. The molecule has 0 bridgehead atoms. The Balaban J connectivity index is 1.38. The fourth-order valence-corrected chi connectivity index (χ4v) is 4.49. The number of aliphatic carboxylic acids is 1. The van der Waals surface area contributed by atoms with Gasteiger partial charge in [0.05, 0.1) is 17.5 Å². The van der Waals surface area contributed by atoms with Gasteiger partial charge in [-0.15, -0.1) is 0 Å². The SMILES string of the molecule is O=C(NCCc1cc(Cl)cc(Cl)c1)c1ccc(Oc2cc3c(cc2Cl)C(C(=O)O)CCO3)cc1. The summed E-state index contributed by atoms with van der Waals surface area (Å²) in [5.74, 6) is -0.556. The van der Waals surface area contributed by atoms with E-state index in [9.17, 15) is 14.7 Å². The molecule has 0 saturated carbocycles. The van der Waals surface area contributed by atoms with Crippen molar-refractivity contribution in [2.45, 2.75) is 18.8 Å². The number of halogens is 3. The molecule has 0 radical (unpaired) electrons. The van der Waals surface area contributed by atoms with Gasteiger partial charge in [0.25, 0.3) is 5.91 Å². The average Bonchev–Trinajstić information content (AvgIpc) is 2.79. The van der Waals surface area contributed by atoms with E-state index in [0.29, 0.717) is 64.4 Å². The first kappa shape index (κ1) is 24.2. The van der Waals surface area contributed by atoms with Gasteiger partial charge < -0.3 is 19.9 Å². The van der Waals surface area contributed by atoms with Crippen molar-refractivity contribution < 1.29 is 24.2 Å². The third-order valence-electron chi connectivity index (χ3n) is 5.37. The third-order valence-corrected chi connectivity index (χ3v) is 6.10. The van der Waals surface area contributed by atoms with Gasteiger partial charge in [0.15, 0.2) is 0 Å². The highest BCUT2D eigenvalue weighted by Gasteiger charge is 2.29. The second-order valence-electron chi connectivity index (χ2n) is 7.76. The molecule has 2 N–H and O–H groups in total. The van der Waals surface area contributed by atoms with Crippen LogP contribution in [0.5, 0.6) is 17.2 Å². The molecule has 34 heavy (non-hydrogen) atoms. The molecule has 1 atom stereocenters. The molecular weight excluding hydrogens is 501 g/mol. The molecule has 4 rings (SSSR count). The number of carbonyl (C=O) groups is 2. The van der Waals surface area contributed by atoms with E-state index in [0.717, 1.165) is 5.56 Å². The van der Waals surface area contributed by atoms with Crippen LogP contribution in [0.25, 0.3) is 0 Å². The Kier molecular flexibility index (Phi) is 7.51. The number of ether oxygens (including phenoxy) is 2. The number of hydrogen-bond donors (Lipinski definition) is 2. The summed E-state index contributed by atoms with van der Waals surface area (Å²) in [4.78, 5) is 23.9. The number of carbonyl (C=O) groups excluding carboxylic acids is 1. The lowest BCUT2D eigenvalue weighted by molar-refractivity contribution is -0.139. The van der Waals surface area contributed by atoms with Crippen molar-refractivity contribution in [1.82, 2.24) is 5.32 Å². The quantitative estimate of drug-likeness (QED) is 0.378. The van der Waals surface area contributed by atoms with Crippen LogP contribution in [0.4, 0.5) is 0 Å². The van der Waals surface area contributed by atoms with Crippen molar-refractivity contribution in [3.8, 4) is 17.2 Å². The zero-order valence-electron chi connectivity index (χ0n) is 17.8. The topological polar surface area (TPSA) is 84.9 Å². The number of benzene rings is 3. The van der Waals surface area contributed by atoms with Gasteiger partial charge in [-0.25, -0.2) is 0 Å². The molecule has 0 spiro atoms. The first-order valence-electron chi connectivity index (χ1n) is 10.5. The summed E-state index contributed by atoms with van der Waals surface area (Å²) in [6, 6.07) is 15.0. The van der Waals surface area contributed by atoms with Crippen molar-refractivity contribution in [2.24, 2.45) is 0 Å². The van der Waals surface area contributed by atoms with Gasteiger partial charge in [-0.3, -0.25) is 9.59 Å². The highest BCUT2D eigenvalue weighted by atomic mass is 35.5. The van der Waals surface area contributed by atoms with Crippen LogP contribution in [-0.4, -0.2) is 30.1 Å². The van der Waals surface area contributed by atoms with Crippen molar-refractivity contribution in [2.75, 3.05) is 13.2 Å². The van der Waals surface area contributed by atoms with E-state index in [-0.39, 0.29) is 10.9 Å². The van der Waals surface area contributed by atoms with Gasteiger partial charge in [-0.05, 0) is 66.9 Å². The first-order chi connectivity index (χ1) is 16.3. The van der Waals surface area contributed by atoms with Crippen molar-refractivity contribution in [3.63, 3.8) is 0 Å². The Bertz CT molecular complexity index is 1210. The maximum Gasteiger partial charge on any atom is 0.311 e. The lowest BCUT2D eigenvalue weighted by Crippen LogP contribution is -2.25. The normalized spacial score (nSPS) is 14.6. The van der Waals surface area contributed by atoms with Gasteiger partial charge >= 0.3 is 5.97 Å². The molecule has 0 fully saturated rings. The molecule has 3 aromatic rings. The minimum atomic E-state index is -0.917. The fraction of sp³-hybridized carbons (Fsp3) is 0.200. The molecule has 1 amide bonds. The van der Waals surface area contributed by atoms with Crippen molar-refractivity contribution in [1.29, 1.82) is 0 Å². The predicted octanol–water partition coefficient (Wildman–Crippen LogP) is 6.36. The standard InChI is InChI=1S/C25H20Cl3NO5/c26-16-9-14(10-17(27)11-16)5-7-29-24(30)15-1-3-18(4-2-15)34-23-13-22-20(12-21(23)28)19(25(31)32)6-8-33-22/h1-4,9-13,19H,5-8H2,(H,29,30)(H,31,32). The van der Waals surface area contributed by atoms with E-state index >= 15 is 0 Å². The molecule has 9 heteroatoms. The summed E-state index contributed by atoms with van der Waals surface area (Å²) in [6.07, 6.45) is 0.976. The number of carboxylic acid groups (broad SMARTS) is 1. The molecule has 1 unspecified atom stereocenters. The second kappa shape index (κ2) is 10.6. The zero-order valence-corrected chi connectivity index (χ0v) is 20.1. The van der Waals surface area contributed by atoms with E-state index in [1.54, 1.807) is 42.5 Å². The molecule has 0 saturated heterocycles. The Labute approximate surface area is 211 Å². The minimum absolute atomic E-state index is 0.223. The van der Waals surface area contributed by atoms with Crippen LogP contribution in [0, 0.1) is 0 Å². The predicted molar refractivity (Wildman–Crippen MR) is 131 cm³/mol. The lowest BCUT2D eigenvalue weighted by atomic mass is 9.93. The molecule has 1 aliphatic rings. The maximum absolute atomic E-state index is 12.4. The summed E-state index contributed by atoms with van der Waals surface area (Å²) in [6.45, 7) is 0.731. The highest BCUT2D eigenvalue weighted by Crippen LogP contribution is 2.41. The summed E-state index contributed by atoms with van der Waals surface area (Å²) < 4.78 is 11.5.